The number of nitrogens with zero attached hydrogens (tertiary/aromatic N) is 2. The molecule has 0 bridgehead atoms. The van der Waals surface area contributed by atoms with Crippen molar-refractivity contribution in [3.05, 3.63) is 40.4 Å². The van der Waals surface area contributed by atoms with E-state index in [-0.39, 0.29) is 18.4 Å². The second-order valence-electron chi connectivity index (χ2n) is 5.75. The molecule has 0 atom stereocenters. The first-order valence-electron chi connectivity index (χ1n) is 7.99. The number of carbonyl (C=O) groups is 2. The van der Waals surface area contributed by atoms with E-state index in [4.69, 9.17) is 0 Å². The summed E-state index contributed by atoms with van der Waals surface area (Å²) in [6.07, 6.45) is 2.40. The molecule has 0 aliphatic carbocycles. The highest BCUT2D eigenvalue weighted by atomic mass is 32.1. The third-order valence-corrected chi connectivity index (χ3v) is 4.74. The molecular formula is C18H23N3O2S. The molecule has 0 unspecified atom stereocenters. The molecule has 1 heterocycles. The van der Waals surface area contributed by atoms with Crippen LogP contribution >= 0.6 is 11.3 Å². The van der Waals surface area contributed by atoms with Gasteiger partial charge >= 0.3 is 0 Å². The number of aromatic nitrogens is 1. The van der Waals surface area contributed by atoms with Crippen molar-refractivity contribution in [2.24, 2.45) is 0 Å². The molecule has 1 N–H and O–H groups in total. The molecule has 6 heteroatoms. The fourth-order valence-electron chi connectivity index (χ4n) is 2.48. The van der Waals surface area contributed by atoms with E-state index >= 15 is 0 Å². The molecule has 0 radical (unpaired) electrons. The van der Waals surface area contributed by atoms with E-state index in [2.05, 4.69) is 23.3 Å². The van der Waals surface area contributed by atoms with Crippen molar-refractivity contribution in [3.63, 3.8) is 0 Å². The molecule has 2 rings (SSSR count). The average molecular weight is 345 g/mol. The van der Waals surface area contributed by atoms with Crippen LogP contribution in [0.4, 0.5) is 0 Å². The van der Waals surface area contributed by atoms with Gasteiger partial charge in [0.15, 0.2) is 0 Å². The third kappa shape index (κ3) is 4.20. The minimum Gasteiger partial charge on any atom is -0.358 e. The molecule has 0 fully saturated rings. The highest BCUT2D eigenvalue weighted by Crippen LogP contribution is 2.29. The molecule has 1 aromatic heterocycles. The first kappa shape index (κ1) is 18.1. The van der Waals surface area contributed by atoms with E-state index < -0.39 is 0 Å². The summed E-state index contributed by atoms with van der Waals surface area (Å²) in [6.45, 7) is 6.69. The number of benzene rings is 1. The van der Waals surface area contributed by atoms with Crippen LogP contribution in [0.25, 0.3) is 10.6 Å². The highest BCUT2D eigenvalue weighted by Gasteiger charge is 2.20. The lowest BCUT2D eigenvalue weighted by molar-refractivity contribution is -0.121. The van der Waals surface area contributed by atoms with E-state index in [1.165, 1.54) is 16.9 Å². The molecule has 2 aromatic rings. The van der Waals surface area contributed by atoms with Crippen molar-refractivity contribution >= 4 is 23.2 Å². The first-order valence-corrected chi connectivity index (χ1v) is 8.81. The Morgan fingerprint density at radius 3 is 2.67 bits per heavy atom. The summed E-state index contributed by atoms with van der Waals surface area (Å²) in [6, 6.07) is 6.18. The molecule has 0 aliphatic heterocycles. The number of likely N-dealkylation sites (N-methyl/N-ethyl adjacent to an activating group) is 1. The summed E-state index contributed by atoms with van der Waals surface area (Å²) < 4.78 is 0. The van der Waals surface area contributed by atoms with E-state index in [9.17, 15) is 9.59 Å². The van der Waals surface area contributed by atoms with E-state index in [1.807, 2.05) is 26.0 Å². The van der Waals surface area contributed by atoms with E-state index in [0.29, 0.717) is 11.4 Å². The number of aryl methyl sites for hydroxylation is 2. The molecule has 128 valence electrons. The minimum absolute atomic E-state index is 0.0694. The Morgan fingerprint density at radius 1 is 1.29 bits per heavy atom. The summed E-state index contributed by atoms with van der Waals surface area (Å²) in [7, 11) is 1.57. The average Bonchev–Trinajstić information content (AvgIpc) is 3.03. The summed E-state index contributed by atoms with van der Waals surface area (Å²) in [5.41, 5.74) is 3.38. The van der Waals surface area contributed by atoms with Gasteiger partial charge in [0, 0.05) is 19.2 Å². The van der Waals surface area contributed by atoms with Crippen molar-refractivity contribution < 1.29 is 9.59 Å². The molecule has 5 nitrogen and oxygen atoms in total. The Hall–Kier alpha value is -2.21. The maximum Gasteiger partial charge on any atom is 0.266 e. The van der Waals surface area contributed by atoms with Crippen LogP contribution in [0.1, 0.15) is 34.1 Å². The molecule has 24 heavy (non-hydrogen) atoms. The Morgan fingerprint density at radius 2 is 2.04 bits per heavy atom. The molecule has 0 spiro atoms. The van der Waals surface area contributed by atoms with Crippen LogP contribution < -0.4 is 5.32 Å². The van der Waals surface area contributed by atoms with Crippen molar-refractivity contribution in [1.29, 1.82) is 0 Å². The summed E-state index contributed by atoms with van der Waals surface area (Å²) in [5.74, 6) is -0.315. The Bertz CT molecular complexity index is 740. The monoisotopic (exact) mass is 345 g/mol. The van der Waals surface area contributed by atoms with Gasteiger partial charge in [0.2, 0.25) is 5.91 Å². The third-order valence-electron chi connectivity index (χ3n) is 3.72. The van der Waals surface area contributed by atoms with Crippen LogP contribution in [0.2, 0.25) is 0 Å². The van der Waals surface area contributed by atoms with Gasteiger partial charge in [-0.25, -0.2) is 4.98 Å². The maximum atomic E-state index is 12.7. The van der Waals surface area contributed by atoms with Gasteiger partial charge in [0.1, 0.15) is 9.88 Å². The van der Waals surface area contributed by atoms with Crippen molar-refractivity contribution in [1.82, 2.24) is 15.2 Å². The molecule has 0 saturated heterocycles. The van der Waals surface area contributed by atoms with E-state index in [1.54, 1.807) is 18.1 Å². The smallest absolute Gasteiger partial charge is 0.266 e. The minimum atomic E-state index is -0.170. The molecule has 2 amide bonds. The zero-order valence-corrected chi connectivity index (χ0v) is 15.4. The van der Waals surface area contributed by atoms with E-state index in [0.717, 1.165) is 22.6 Å². The maximum absolute atomic E-state index is 12.7. The van der Waals surface area contributed by atoms with Crippen LogP contribution in [0.15, 0.2) is 24.4 Å². The highest BCUT2D eigenvalue weighted by molar-refractivity contribution is 7.16. The van der Waals surface area contributed by atoms with Gasteiger partial charge in [-0.05, 0) is 25.8 Å². The Kier molecular flexibility index (Phi) is 6.09. The standard InChI is InChI=1S/C18H23N3O2S/c1-5-8-21(11-16(22)19-4)18(23)15-10-20-17(24-15)14-7-6-12(2)9-13(14)3/h6-7,9-10H,5,8,11H2,1-4H3,(H,19,22). The van der Waals surface area contributed by atoms with Gasteiger partial charge < -0.3 is 10.2 Å². The van der Waals surface area contributed by atoms with Crippen LogP contribution in [-0.2, 0) is 4.79 Å². The first-order chi connectivity index (χ1) is 11.5. The van der Waals surface area contributed by atoms with Gasteiger partial charge in [-0.3, -0.25) is 9.59 Å². The second kappa shape index (κ2) is 8.06. The van der Waals surface area contributed by atoms with Crippen LogP contribution in [0.3, 0.4) is 0 Å². The van der Waals surface area contributed by atoms with Gasteiger partial charge in [-0.1, -0.05) is 30.7 Å². The van der Waals surface area contributed by atoms with Crippen LogP contribution in [-0.4, -0.2) is 41.8 Å². The lowest BCUT2D eigenvalue weighted by Gasteiger charge is -2.20. The zero-order chi connectivity index (χ0) is 17.7. The van der Waals surface area contributed by atoms with Crippen molar-refractivity contribution in [3.8, 4) is 10.6 Å². The predicted octanol–water partition coefficient (Wildman–Crippen LogP) is 3.03. The summed E-state index contributed by atoms with van der Waals surface area (Å²) in [4.78, 5) is 30.8. The lowest BCUT2D eigenvalue weighted by Crippen LogP contribution is -2.39. The zero-order valence-electron chi connectivity index (χ0n) is 14.5. The van der Waals surface area contributed by atoms with Crippen molar-refractivity contribution in [2.75, 3.05) is 20.1 Å². The number of rotatable bonds is 6. The van der Waals surface area contributed by atoms with Gasteiger partial charge in [-0.2, -0.15) is 0 Å². The van der Waals surface area contributed by atoms with Crippen LogP contribution in [0.5, 0.6) is 0 Å². The molecular weight excluding hydrogens is 322 g/mol. The number of thiazole rings is 1. The van der Waals surface area contributed by atoms with Gasteiger partial charge in [0.25, 0.3) is 5.91 Å². The van der Waals surface area contributed by atoms with Crippen molar-refractivity contribution in [2.45, 2.75) is 27.2 Å². The number of carbonyl (C=O) groups excluding carboxylic acids is 2. The van der Waals surface area contributed by atoms with Gasteiger partial charge in [-0.15, -0.1) is 11.3 Å². The summed E-state index contributed by atoms with van der Waals surface area (Å²) >= 11 is 1.37. The quantitative estimate of drug-likeness (QED) is 0.875. The summed E-state index contributed by atoms with van der Waals surface area (Å²) in [5, 5.41) is 3.39. The Labute approximate surface area is 146 Å². The lowest BCUT2D eigenvalue weighted by atomic mass is 10.1. The fourth-order valence-corrected chi connectivity index (χ4v) is 3.46. The predicted molar refractivity (Wildman–Crippen MR) is 97.3 cm³/mol. The van der Waals surface area contributed by atoms with Crippen LogP contribution in [0, 0.1) is 13.8 Å². The normalized spacial score (nSPS) is 10.5. The SMILES string of the molecule is CCCN(CC(=O)NC)C(=O)c1cnc(-c2ccc(C)cc2C)s1. The number of nitrogens with one attached hydrogen (secondary N) is 1. The molecule has 1 aromatic carbocycles. The molecule has 0 saturated carbocycles. The Balaban J connectivity index is 2.24. The topological polar surface area (TPSA) is 62.3 Å². The number of amides is 2. The second-order valence-corrected chi connectivity index (χ2v) is 6.78. The number of hydrogen-bond acceptors (Lipinski definition) is 4. The molecule has 0 aliphatic rings. The number of hydrogen-bond donors (Lipinski definition) is 1. The van der Waals surface area contributed by atoms with Gasteiger partial charge in [0.05, 0.1) is 12.7 Å². The fraction of sp³-hybridized carbons (Fsp3) is 0.389. The largest absolute Gasteiger partial charge is 0.358 e.